The van der Waals surface area contributed by atoms with Crippen LogP contribution in [0.5, 0.6) is 0 Å². The molecule has 8 nitrogen and oxygen atoms in total. The van der Waals surface area contributed by atoms with Gasteiger partial charge in [0.1, 0.15) is 11.6 Å². The Bertz CT molecular complexity index is 858. The summed E-state index contributed by atoms with van der Waals surface area (Å²) in [6.07, 6.45) is 1.78. The molecule has 0 saturated carbocycles. The number of oxazole rings is 1. The molecule has 4 rings (SSSR count). The van der Waals surface area contributed by atoms with Crippen LogP contribution in [-0.2, 0) is 6.54 Å². The van der Waals surface area contributed by atoms with Crippen LogP contribution in [0.4, 0.5) is 5.82 Å². The number of hydrogen-bond donors (Lipinski definition) is 0. The van der Waals surface area contributed by atoms with Gasteiger partial charge in [-0.25, -0.2) is 9.97 Å². The van der Waals surface area contributed by atoms with Crippen LogP contribution in [0.3, 0.4) is 0 Å². The zero-order chi connectivity index (χ0) is 18.1. The van der Waals surface area contributed by atoms with Crippen LogP contribution < -0.4 is 4.90 Å². The number of piperazine rings is 1. The Labute approximate surface area is 151 Å². The molecule has 8 heteroatoms. The number of hydrogen-bond acceptors (Lipinski definition) is 8. The van der Waals surface area contributed by atoms with E-state index in [0.29, 0.717) is 11.7 Å². The van der Waals surface area contributed by atoms with Gasteiger partial charge in [0, 0.05) is 32.4 Å². The van der Waals surface area contributed by atoms with E-state index >= 15 is 0 Å². The van der Waals surface area contributed by atoms with Crippen LogP contribution >= 0.6 is 0 Å². The Morgan fingerprint density at radius 2 is 1.85 bits per heavy atom. The van der Waals surface area contributed by atoms with E-state index in [0.717, 1.165) is 61.4 Å². The van der Waals surface area contributed by atoms with Crippen molar-refractivity contribution in [3.05, 3.63) is 41.5 Å². The summed E-state index contributed by atoms with van der Waals surface area (Å²) in [4.78, 5) is 17.9. The van der Waals surface area contributed by atoms with E-state index in [1.807, 2.05) is 26.0 Å². The monoisotopic (exact) mass is 354 g/mol. The van der Waals surface area contributed by atoms with Crippen LogP contribution in [0.25, 0.3) is 11.5 Å². The van der Waals surface area contributed by atoms with Gasteiger partial charge in [-0.05, 0) is 32.9 Å². The van der Waals surface area contributed by atoms with Crippen molar-refractivity contribution in [2.75, 3.05) is 31.1 Å². The first-order chi connectivity index (χ1) is 12.6. The van der Waals surface area contributed by atoms with E-state index in [1.54, 1.807) is 13.1 Å². The molecule has 1 aliphatic heterocycles. The Hall–Kier alpha value is -2.74. The summed E-state index contributed by atoms with van der Waals surface area (Å²) in [7, 11) is 0. The number of aromatic nitrogens is 4. The number of rotatable bonds is 4. The molecule has 0 bridgehead atoms. The predicted molar refractivity (Wildman–Crippen MR) is 95.7 cm³/mol. The Morgan fingerprint density at radius 1 is 1.04 bits per heavy atom. The molecule has 0 N–H and O–H groups in total. The first-order valence-corrected chi connectivity index (χ1v) is 8.75. The van der Waals surface area contributed by atoms with Gasteiger partial charge >= 0.3 is 0 Å². The van der Waals surface area contributed by atoms with E-state index in [-0.39, 0.29) is 0 Å². The third kappa shape index (κ3) is 3.45. The minimum absolute atomic E-state index is 0.503. The highest BCUT2D eigenvalue weighted by Crippen LogP contribution is 2.20. The number of nitrogens with zero attached hydrogens (tertiary/aromatic N) is 6. The molecule has 0 atom stereocenters. The molecule has 3 aromatic heterocycles. The van der Waals surface area contributed by atoms with Gasteiger partial charge in [-0.15, -0.1) is 0 Å². The van der Waals surface area contributed by atoms with Gasteiger partial charge in [-0.1, -0.05) is 5.16 Å². The highest BCUT2D eigenvalue weighted by molar-refractivity contribution is 5.54. The lowest BCUT2D eigenvalue weighted by atomic mass is 10.2. The zero-order valence-corrected chi connectivity index (χ0v) is 15.3. The third-order valence-corrected chi connectivity index (χ3v) is 4.65. The van der Waals surface area contributed by atoms with Gasteiger partial charge in [0.15, 0.2) is 5.82 Å². The van der Waals surface area contributed by atoms with Crippen molar-refractivity contribution in [2.24, 2.45) is 0 Å². The largest absolute Gasteiger partial charge is 0.444 e. The molecule has 0 amide bonds. The molecular formula is C18H22N6O2. The second kappa shape index (κ2) is 6.87. The van der Waals surface area contributed by atoms with Crippen LogP contribution in [0.1, 0.15) is 23.2 Å². The lowest BCUT2D eigenvalue weighted by Gasteiger charge is -2.34. The molecular weight excluding hydrogens is 332 g/mol. The Balaban J connectivity index is 1.35. The summed E-state index contributed by atoms with van der Waals surface area (Å²) in [5, 5.41) is 3.81. The van der Waals surface area contributed by atoms with Gasteiger partial charge in [-0.3, -0.25) is 4.90 Å². The molecule has 26 heavy (non-hydrogen) atoms. The molecule has 0 aromatic carbocycles. The fourth-order valence-corrected chi connectivity index (χ4v) is 3.05. The molecule has 0 radical (unpaired) electrons. The number of anilines is 1. The van der Waals surface area contributed by atoms with E-state index in [2.05, 4.69) is 29.9 Å². The minimum Gasteiger partial charge on any atom is -0.444 e. The zero-order valence-electron chi connectivity index (χ0n) is 15.3. The molecule has 136 valence electrons. The van der Waals surface area contributed by atoms with Crippen molar-refractivity contribution in [1.29, 1.82) is 0 Å². The minimum atomic E-state index is 0.503. The van der Waals surface area contributed by atoms with Crippen molar-refractivity contribution >= 4 is 5.82 Å². The molecule has 4 heterocycles. The maximum absolute atomic E-state index is 5.69. The van der Waals surface area contributed by atoms with Crippen molar-refractivity contribution in [1.82, 2.24) is 25.0 Å². The van der Waals surface area contributed by atoms with E-state index in [9.17, 15) is 0 Å². The van der Waals surface area contributed by atoms with Gasteiger partial charge in [-0.2, -0.15) is 4.98 Å². The summed E-state index contributed by atoms with van der Waals surface area (Å²) in [5.74, 6) is 3.79. The van der Waals surface area contributed by atoms with E-state index in [4.69, 9.17) is 8.94 Å². The highest BCUT2D eigenvalue weighted by atomic mass is 16.5. The van der Waals surface area contributed by atoms with Crippen LogP contribution in [-0.4, -0.2) is 51.2 Å². The number of pyridine rings is 1. The maximum atomic E-state index is 5.69. The van der Waals surface area contributed by atoms with E-state index in [1.165, 1.54) is 0 Å². The summed E-state index contributed by atoms with van der Waals surface area (Å²) >= 11 is 0. The fraction of sp³-hybridized carbons (Fsp3) is 0.444. The molecule has 1 saturated heterocycles. The smallest absolute Gasteiger partial charge is 0.259 e. The maximum Gasteiger partial charge on any atom is 0.259 e. The standard InChI is InChI=1S/C18H22N6O2/c1-12-13(2)25-17(20-12)11-23-6-8-24(9-7-23)16-5-4-15(10-19-16)18-21-14(3)22-26-18/h4-5,10H,6-9,11H2,1-3H3. The van der Waals surface area contributed by atoms with Gasteiger partial charge in [0.25, 0.3) is 5.89 Å². The SMILES string of the molecule is Cc1noc(-c2ccc(N3CCN(Cc4nc(C)c(C)o4)CC3)nc2)n1. The van der Waals surface area contributed by atoms with Crippen molar-refractivity contribution < 1.29 is 8.94 Å². The molecule has 0 unspecified atom stereocenters. The molecule has 0 spiro atoms. The predicted octanol–water partition coefficient (Wildman–Crippen LogP) is 2.37. The van der Waals surface area contributed by atoms with E-state index < -0.39 is 0 Å². The van der Waals surface area contributed by atoms with Crippen molar-refractivity contribution in [3.8, 4) is 11.5 Å². The lowest BCUT2D eigenvalue weighted by Crippen LogP contribution is -2.46. The van der Waals surface area contributed by atoms with Gasteiger partial charge < -0.3 is 13.8 Å². The topological polar surface area (TPSA) is 84.3 Å². The Kier molecular flexibility index (Phi) is 4.42. The average molecular weight is 354 g/mol. The summed E-state index contributed by atoms with van der Waals surface area (Å²) in [6, 6.07) is 3.98. The van der Waals surface area contributed by atoms with Crippen LogP contribution in [0, 0.1) is 20.8 Å². The molecule has 1 aliphatic rings. The molecule has 0 aliphatic carbocycles. The first kappa shape index (κ1) is 16.7. The number of aryl methyl sites for hydroxylation is 3. The van der Waals surface area contributed by atoms with Crippen LogP contribution in [0.2, 0.25) is 0 Å². The summed E-state index contributed by atoms with van der Waals surface area (Å²) < 4.78 is 10.9. The average Bonchev–Trinajstić information content (AvgIpc) is 3.21. The lowest BCUT2D eigenvalue weighted by molar-refractivity contribution is 0.224. The second-order valence-corrected chi connectivity index (χ2v) is 6.56. The normalized spacial score (nSPS) is 15.6. The fourth-order valence-electron chi connectivity index (χ4n) is 3.05. The second-order valence-electron chi connectivity index (χ2n) is 6.56. The molecule has 1 fully saturated rings. The first-order valence-electron chi connectivity index (χ1n) is 8.75. The van der Waals surface area contributed by atoms with Gasteiger partial charge in [0.2, 0.25) is 5.89 Å². The third-order valence-electron chi connectivity index (χ3n) is 4.65. The van der Waals surface area contributed by atoms with Crippen molar-refractivity contribution in [3.63, 3.8) is 0 Å². The van der Waals surface area contributed by atoms with Crippen LogP contribution in [0.15, 0.2) is 27.3 Å². The quantitative estimate of drug-likeness (QED) is 0.706. The molecule has 3 aromatic rings. The summed E-state index contributed by atoms with van der Waals surface area (Å²) in [6.45, 7) is 10.2. The highest BCUT2D eigenvalue weighted by Gasteiger charge is 2.20. The van der Waals surface area contributed by atoms with Crippen molar-refractivity contribution in [2.45, 2.75) is 27.3 Å². The Morgan fingerprint density at radius 3 is 2.42 bits per heavy atom. The summed E-state index contributed by atoms with van der Waals surface area (Å²) in [5.41, 5.74) is 1.81. The van der Waals surface area contributed by atoms with Gasteiger partial charge in [0.05, 0.1) is 17.8 Å².